The Labute approximate surface area is 392 Å². The molecule has 0 fully saturated rings. The van der Waals surface area contributed by atoms with Gasteiger partial charge in [-0.1, -0.05) is 176 Å². The first kappa shape index (κ1) is 39.7. The summed E-state index contributed by atoms with van der Waals surface area (Å²) in [5.41, 5.74) is 22.8. The number of hydrogen-bond donors (Lipinski definition) is 0. The third-order valence-corrected chi connectivity index (χ3v) is 15.2. The van der Waals surface area contributed by atoms with Gasteiger partial charge in [-0.05, 0) is 127 Å². The van der Waals surface area contributed by atoms with Crippen LogP contribution in [0.4, 0.5) is 17.1 Å². The Balaban J connectivity index is 1.14. The fourth-order valence-corrected chi connectivity index (χ4v) is 12.3. The van der Waals surface area contributed by atoms with Crippen LogP contribution in [0.15, 0.2) is 192 Å². The van der Waals surface area contributed by atoms with Gasteiger partial charge in [0, 0.05) is 49.4 Å². The summed E-state index contributed by atoms with van der Waals surface area (Å²) in [4.78, 5) is 2.63. The van der Waals surface area contributed by atoms with Crippen LogP contribution in [-0.2, 0) is 16.2 Å². The van der Waals surface area contributed by atoms with Crippen LogP contribution < -0.4 is 4.90 Å². The van der Waals surface area contributed by atoms with Crippen LogP contribution in [0.5, 0.6) is 0 Å². The molecule has 0 saturated heterocycles. The molecule has 324 valence electrons. The largest absolute Gasteiger partial charge is 0.456 e. The van der Waals surface area contributed by atoms with Gasteiger partial charge in [-0.2, -0.15) is 0 Å². The van der Waals surface area contributed by atoms with Crippen LogP contribution in [0, 0.1) is 0 Å². The number of aromatic nitrogens is 1. The molecule has 0 aliphatic heterocycles. The number of para-hydroxylation sites is 3. The van der Waals surface area contributed by atoms with Crippen molar-refractivity contribution in [2.24, 2.45) is 0 Å². The minimum atomic E-state index is -0.314. The summed E-state index contributed by atoms with van der Waals surface area (Å²) in [6.45, 7) is 17.1. The molecule has 0 radical (unpaired) electrons. The maximum absolute atomic E-state index is 6.25. The molecule has 9 aromatic carbocycles. The molecule has 2 aliphatic rings. The molecule has 13 rings (SSSR count). The van der Waals surface area contributed by atoms with Crippen molar-refractivity contribution in [2.45, 2.75) is 64.7 Å². The third kappa shape index (κ3) is 5.58. The smallest absolute Gasteiger partial charge is 0.135 e. The van der Waals surface area contributed by atoms with Crippen molar-refractivity contribution in [1.82, 2.24) is 4.57 Å². The first-order valence-corrected chi connectivity index (χ1v) is 23.8. The van der Waals surface area contributed by atoms with E-state index in [0.29, 0.717) is 0 Å². The molecule has 0 amide bonds. The Bertz CT molecular complexity index is 3750. The molecule has 3 heteroatoms. The topological polar surface area (TPSA) is 21.3 Å². The van der Waals surface area contributed by atoms with Crippen molar-refractivity contribution in [3.8, 4) is 39.1 Å². The quantitative estimate of drug-likeness (QED) is 0.172. The summed E-state index contributed by atoms with van der Waals surface area (Å²) < 4.78 is 8.70. The van der Waals surface area contributed by atoms with E-state index in [0.717, 1.165) is 50.1 Å². The highest BCUT2D eigenvalue weighted by Gasteiger charge is 2.50. The normalized spacial score (nSPS) is 14.4. The number of rotatable bonds is 5. The van der Waals surface area contributed by atoms with Crippen LogP contribution in [0.3, 0.4) is 0 Å². The Morgan fingerprint density at radius 2 is 0.985 bits per heavy atom. The highest BCUT2D eigenvalue weighted by Crippen LogP contribution is 2.65. The van der Waals surface area contributed by atoms with E-state index in [9.17, 15) is 0 Å². The lowest BCUT2D eigenvalue weighted by Crippen LogP contribution is -2.27. The van der Waals surface area contributed by atoms with Crippen molar-refractivity contribution in [3.05, 3.63) is 216 Å². The number of benzene rings is 9. The molecule has 0 spiro atoms. The summed E-state index contributed by atoms with van der Waals surface area (Å²) in [5, 5.41) is 4.75. The predicted molar refractivity (Wildman–Crippen MR) is 282 cm³/mol. The first-order valence-electron chi connectivity index (χ1n) is 23.8. The third-order valence-electron chi connectivity index (χ3n) is 15.2. The molecule has 67 heavy (non-hydrogen) atoms. The van der Waals surface area contributed by atoms with Gasteiger partial charge >= 0.3 is 0 Å². The van der Waals surface area contributed by atoms with Crippen molar-refractivity contribution in [3.63, 3.8) is 0 Å². The maximum Gasteiger partial charge on any atom is 0.135 e. The number of hydrogen-bond acceptors (Lipinski definition) is 2. The summed E-state index contributed by atoms with van der Waals surface area (Å²) in [7, 11) is 0. The van der Waals surface area contributed by atoms with Crippen molar-refractivity contribution < 1.29 is 4.42 Å². The summed E-state index contributed by atoms with van der Waals surface area (Å²) in [5.74, 6) is 0. The summed E-state index contributed by atoms with van der Waals surface area (Å²) >= 11 is 0. The van der Waals surface area contributed by atoms with Crippen LogP contribution in [0.2, 0.25) is 0 Å². The predicted octanol–water partition coefficient (Wildman–Crippen LogP) is 17.7. The van der Waals surface area contributed by atoms with Crippen LogP contribution in [-0.4, -0.2) is 4.57 Å². The van der Waals surface area contributed by atoms with Gasteiger partial charge in [0.1, 0.15) is 11.2 Å². The van der Waals surface area contributed by atoms with Gasteiger partial charge in [0.05, 0.1) is 16.7 Å². The minimum Gasteiger partial charge on any atom is -0.456 e. The Morgan fingerprint density at radius 3 is 1.66 bits per heavy atom. The zero-order valence-electron chi connectivity index (χ0n) is 39.2. The van der Waals surface area contributed by atoms with Gasteiger partial charge in [0.2, 0.25) is 0 Å². The Morgan fingerprint density at radius 1 is 0.448 bits per heavy atom. The lowest BCUT2D eigenvalue weighted by Gasteiger charge is -2.39. The van der Waals surface area contributed by atoms with Crippen molar-refractivity contribution >= 4 is 60.8 Å². The SMILES string of the molecule is CC(C)(C)c1c2c(c(N(c3ccc(-c4ccc5oc6ccccc6c5c4)cc3)c3ccc4c5ccccc5n(-c5ccccc5)c4c3)c3c1-c1ccccc1C3(C)C)C(C)(C)c1ccccc1-2. The van der Waals surface area contributed by atoms with Gasteiger partial charge < -0.3 is 13.9 Å². The standard InChI is InChI=1S/C64H52N2O/c1-62(2,3)58-56-47-23-11-15-25-50(47)63(4,5)59(56)61(60-57(58)48-24-12-16-26-51(48)64(60,6)7)65(42-32-29-39(30-33-42)40-31-36-55-49(37-40)46-22-14-18-28-54(46)67-55)43-34-35-45-44-21-13-17-27-52(44)66(53(45)38-43)41-19-9-8-10-20-41/h8-38H,1-7H3. The van der Waals surface area contributed by atoms with Crippen molar-refractivity contribution in [1.29, 1.82) is 0 Å². The van der Waals surface area contributed by atoms with E-state index < -0.39 is 0 Å². The van der Waals surface area contributed by atoms with Crippen LogP contribution in [0.1, 0.15) is 76.3 Å². The van der Waals surface area contributed by atoms with Gasteiger partial charge in [-0.25, -0.2) is 0 Å². The molecular formula is C64H52N2O. The lowest BCUT2D eigenvalue weighted by molar-refractivity contribution is 0.587. The summed E-state index contributed by atoms with van der Waals surface area (Å²) in [6, 6.07) is 69.6. The van der Waals surface area contributed by atoms with E-state index in [1.807, 2.05) is 6.07 Å². The second kappa shape index (κ2) is 14.0. The van der Waals surface area contributed by atoms with E-state index in [1.54, 1.807) is 0 Å². The second-order valence-electron chi connectivity index (χ2n) is 20.9. The summed E-state index contributed by atoms with van der Waals surface area (Å²) in [6.07, 6.45) is 0. The maximum atomic E-state index is 6.25. The fourth-order valence-electron chi connectivity index (χ4n) is 12.3. The first-order chi connectivity index (χ1) is 32.4. The molecule has 0 N–H and O–H groups in total. The monoisotopic (exact) mass is 864 g/mol. The number of anilines is 3. The zero-order chi connectivity index (χ0) is 45.6. The van der Waals surface area contributed by atoms with Gasteiger partial charge in [-0.15, -0.1) is 0 Å². The van der Waals surface area contributed by atoms with E-state index in [1.165, 1.54) is 77.6 Å². The fraction of sp³-hybridized carbons (Fsp3) is 0.156. The average Bonchev–Trinajstić information content (AvgIpc) is 4.02. The second-order valence-corrected chi connectivity index (χ2v) is 20.9. The highest BCUT2D eigenvalue weighted by molar-refractivity contribution is 6.11. The molecule has 0 bridgehead atoms. The molecule has 0 unspecified atom stereocenters. The van der Waals surface area contributed by atoms with E-state index in [4.69, 9.17) is 4.42 Å². The average molecular weight is 865 g/mol. The van der Waals surface area contributed by atoms with Crippen LogP contribution >= 0.6 is 0 Å². The lowest BCUT2D eigenvalue weighted by atomic mass is 9.71. The van der Waals surface area contributed by atoms with Gasteiger partial charge in [-0.3, -0.25) is 0 Å². The molecule has 0 saturated carbocycles. The van der Waals surface area contributed by atoms with E-state index >= 15 is 0 Å². The molecule has 2 aromatic heterocycles. The molecule has 2 aliphatic carbocycles. The molecule has 11 aromatic rings. The Hall–Kier alpha value is -7.62. The molecule has 3 nitrogen and oxygen atoms in total. The van der Waals surface area contributed by atoms with Crippen LogP contribution in [0.25, 0.3) is 82.8 Å². The highest BCUT2D eigenvalue weighted by atomic mass is 16.3. The molecule has 0 atom stereocenters. The van der Waals surface area contributed by atoms with E-state index in [-0.39, 0.29) is 16.2 Å². The van der Waals surface area contributed by atoms with E-state index in [2.05, 4.69) is 240 Å². The van der Waals surface area contributed by atoms with Gasteiger partial charge in [0.15, 0.2) is 0 Å². The van der Waals surface area contributed by atoms with Crippen molar-refractivity contribution in [2.75, 3.05) is 4.90 Å². The number of nitrogens with zero attached hydrogens (tertiary/aromatic N) is 2. The Kier molecular flexibility index (Phi) is 8.27. The number of fused-ring (bicyclic) bond motifs is 12. The molecule has 2 heterocycles. The molecular weight excluding hydrogens is 813 g/mol. The minimum absolute atomic E-state index is 0.156. The van der Waals surface area contributed by atoms with Gasteiger partial charge in [0.25, 0.3) is 0 Å². The number of furan rings is 1. The zero-order valence-corrected chi connectivity index (χ0v) is 39.2.